The van der Waals surface area contributed by atoms with Crippen LogP contribution in [0.2, 0.25) is 5.02 Å². The second kappa shape index (κ2) is 10.0. The van der Waals surface area contributed by atoms with Crippen LogP contribution in [0, 0.1) is 11.8 Å². The van der Waals surface area contributed by atoms with Crippen LogP contribution in [0.1, 0.15) is 50.5 Å². The zero-order valence-corrected chi connectivity index (χ0v) is 22.9. The summed E-state index contributed by atoms with van der Waals surface area (Å²) in [5.41, 5.74) is -0.100. The van der Waals surface area contributed by atoms with Crippen molar-refractivity contribution in [3.05, 3.63) is 63.9 Å². The highest BCUT2D eigenvalue weighted by Crippen LogP contribution is 2.45. The van der Waals surface area contributed by atoms with Gasteiger partial charge in [-0.15, -0.1) is 5.10 Å². The predicted molar refractivity (Wildman–Crippen MR) is 147 cm³/mol. The molecule has 0 amide bonds. The Hall–Kier alpha value is -4.19. The number of nitrogens with one attached hydrogen (secondary N) is 1. The van der Waals surface area contributed by atoms with Crippen molar-refractivity contribution in [2.75, 3.05) is 6.61 Å². The van der Waals surface area contributed by atoms with E-state index in [2.05, 4.69) is 32.1 Å². The van der Waals surface area contributed by atoms with Crippen LogP contribution in [0.4, 0.5) is 4.39 Å². The molecule has 13 heteroatoms. The average Bonchev–Trinajstić information content (AvgIpc) is 3.58. The van der Waals surface area contributed by atoms with Gasteiger partial charge in [0.2, 0.25) is 11.5 Å². The normalized spacial score (nSPS) is 22.4. The molecule has 1 aliphatic heterocycles. The maximum Gasteiger partial charge on any atom is 0.434 e. The lowest BCUT2D eigenvalue weighted by atomic mass is 9.83. The molecule has 1 unspecified atom stereocenters. The molecule has 5 aromatic heterocycles. The molecule has 0 radical (unpaired) electrons. The number of aromatic amines is 1. The van der Waals surface area contributed by atoms with Gasteiger partial charge < -0.3 is 13.7 Å². The summed E-state index contributed by atoms with van der Waals surface area (Å²) in [6.07, 6.45) is 8.97. The Morgan fingerprint density at radius 1 is 1.20 bits per heavy atom. The molecular weight excluding hydrogens is 551 g/mol. The predicted octanol–water partition coefficient (Wildman–Crippen LogP) is 5.10. The zero-order chi connectivity index (χ0) is 28.1. The Morgan fingerprint density at radius 3 is 2.83 bits per heavy atom. The molecule has 5 aromatic rings. The first-order valence-electron chi connectivity index (χ1n) is 13.6. The summed E-state index contributed by atoms with van der Waals surface area (Å²) in [6.45, 7) is 2.96. The van der Waals surface area contributed by atoms with Gasteiger partial charge in [-0.25, -0.2) is 29.2 Å². The highest BCUT2D eigenvalue weighted by molar-refractivity contribution is 6.30. The van der Waals surface area contributed by atoms with Crippen LogP contribution in [0.3, 0.4) is 0 Å². The van der Waals surface area contributed by atoms with Gasteiger partial charge in [0.25, 0.3) is 5.89 Å². The van der Waals surface area contributed by atoms with Crippen molar-refractivity contribution in [3.8, 4) is 28.7 Å². The van der Waals surface area contributed by atoms with Crippen molar-refractivity contribution < 1.29 is 13.5 Å². The molecule has 1 atom stereocenters. The molecule has 1 N–H and O–H groups in total. The lowest BCUT2D eigenvalue weighted by Gasteiger charge is -2.32. The Morgan fingerprint density at radius 2 is 2.05 bits per heavy atom. The summed E-state index contributed by atoms with van der Waals surface area (Å²) in [5.74, 6) is 0.692. The summed E-state index contributed by atoms with van der Waals surface area (Å²) in [7, 11) is 0. The summed E-state index contributed by atoms with van der Waals surface area (Å²) in [4.78, 5) is 34.5. The number of pyridine rings is 2. The van der Waals surface area contributed by atoms with Gasteiger partial charge >= 0.3 is 5.76 Å². The molecule has 0 saturated heterocycles. The van der Waals surface area contributed by atoms with Gasteiger partial charge in [0.05, 0.1) is 11.6 Å². The Balaban J connectivity index is 1.51. The van der Waals surface area contributed by atoms with Crippen LogP contribution < -0.4 is 10.5 Å². The molecular formula is C28H26ClFN8O3. The molecule has 1 fully saturated rings. The van der Waals surface area contributed by atoms with E-state index < -0.39 is 11.4 Å². The number of halogens is 2. The number of hydrogen-bond donors (Lipinski definition) is 1. The third-order valence-corrected chi connectivity index (χ3v) is 8.20. The second-order valence-electron chi connectivity index (χ2n) is 10.8. The molecule has 6 heterocycles. The van der Waals surface area contributed by atoms with E-state index in [0.29, 0.717) is 45.9 Å². The third-order valence-electron chi connectivity index (χ3n) is 7.99. The molecule has 1 aliphatic carbocycles. The number of H-pyrrole nitrogens is 1. The first kappa shape index (κ1) is 25.8. The first-order valence-corrected chi connectivity index (χ1v) is 14.0. The number of nitrogens with zero attached hydrogens (tertiary/aromatic N) is 7. The largest absolute Gasteiger partial charge is 0.491 e. The van der Waals surface area contributed by atoms with Crippen LogP contribution >= 0.6 is 11.6 Å². The lowest BCUT2D eigenvalue weighted by Crippen LogP contribution is -2.34. The Bertz CT molecular complexity index is 1810. The van der Waals surface area contributed by atoms with E-state index in [9.17, 15) is 4.79 Å². The van der Waals surface area contributed by atoms with E-state index in [1.54, 1.807) is 30.6 Å². The highest BCUT2D eigenvalue weighted by Gasteiger charge is 2.46. The van der Waals surface area contributed by atoms with E-state index in [-0.39, 0.29) is 41.9 Å². The number of rotatable bonds is 5. The number of imidazole rings is 1. The summed E-state index contributed by atoms with van der Waals surface area (Å²) in [6, 6.07) is 5.15. The minimum atomic E-state index is -2.04. The summed E-state index contributed by atoms with van der Waals surface area (Å²) < 4.78 is 30.3. The van der Waals surface area contributed by atoms with Crippen molar-refractivity contribution >= 4 is 22.8 Å². The number of alkyl halides is 1. The van der Waals surface area contributed by atoms with Crippen LogP contribution in [0.15, 0.2) is 46.0 Å². The number of hydrogen-bond acceptors (Lipinski definition) is 9. The van der Waals surface area contributed by atoms with Crippen LogP contribution in [0.5, 0.6) is 5.75 Å². The number of aromatic nitrogens is 8. The van der Waals surface area contributed by atoms with Gasteiger partial charge in [-0.2, -0.15) is 0 Å². The topological polar surface area (TPSA) is 138 Å². The second-order valence-corrected chi connectivity index (χ2v) is 11.2. The van der Waals surface area contributed by atoms with Crippen molar-refractivity contribution in [2.45, 2.75) is 51.2 Å². The lowest BCUT2D eigenvalue weighted by molar-refractivity contribution is 0.110. The van der Waals surface area contributed by atoms with Crippen LogP contribution in [0.25, 0.3) is 34.1 Å². The molecule has 1 saturated carbocycles. The van der Waals surface area contributed by atoms with Gasteiger partial charge in [0.1, 0.15) is 22.7 Å². The number of ether oxygens (including phenoxy) is 1. The molecule has 0 aromatic carbocycles. The van der Waals surface area contributed by atoms with Gasteiger partial charge in [-0.1, -0.05) is 31.4 Å². The van der Waals surface area contributed by atoms with Crippen LogP contribution in [-0.4, -0.2) is 46.3 Å². The fourth-order valence-corrected chi connectivity index (χ4v) is 6.07. The molecule has 7 rings (SSSR count). The van der Waals surface area contributed by atoms with Crippen molar-refractivity contribution in [1.82, 2.24) is 39.7 Å². The van der Waals surface area contributed by atoms with E-state index >= 15 is 4.39 Å². The molecule has 41 heavy (non-hydrogen) atoms. The Kier molecular flexibility index (Phi) is 6.29. The average molecular weight is 577 g/mol. The van der Waals surface area contributed by atoms with Gasteiger partial charge in [-0.05, 0) is 42.9 Å². The quantitative estimate of drug-likeness (QED) is 0.303. The van der Waals surface area contributed by atoms with E-state index in [1.807, 2.05) is 4.57 Å². The molecule has 0 spiro atoms. The standard InChI is InChI=1S/C28H26ClFN8O3/c1-15-4-6-16(7-5-15)14-38-21-20(17-11-18(29)13-31-12-17)33-24(25-36-37-27(39)41-25)34-23(21)35-26(38)28(30)8-10-40-19-3-2-9-32-22(19)28/h2-3,9,11-13,15-16H,4-8,10,14H2,1H3,(H,37,39)/t15-,16-,28?. The molecule has 11 nitrogen and oxygen atoms in total. The van der Waals surface area contributed by atoms with E-state index in [1.165, 1.54) is 6.20 Å². The summed E-state index contributed by atoms with van der Waals surface area (Å²) >= 11 is 6.33. The molecule has 210 valence electrons. The van der Waals surface area contributed by atoms with Crippen molar-refractivity contribution in [1.29, 1.82) is 0 Å². The zero-order valence-electron chi connectivity index (χ0n) is 22.2. The monoisotopic (exact) mass is 576 g/mol. The minimum Gasteiger partial charge on any atom is -0.491 e. The van der Waals surface area contributed by atoms with Gasteiger partial charge in [-0.3, -0.25) is 9.97 Å². The summed E-state index contributed by atoms with van der Waals surface area (Å²) in [5, 5.41) is 6.54. The molecule has 2 aliphatic rings. The van der Waals surface area contributed by atoms with Gasteiger partial charge in [0, 0.05) is 37.1 Å². The third kappa shape index (κ3) is 4.55. The maximum atomic E-state index is 17.5. The van der Waals surface area contributed by atoms with Crippen molar-refractivity contribution in [3.63, 3.8) is 0 Å². The van der Waals surface area contributed by atoms with Gasteiger partial charge in [0.15, 0.2) is 11.5 Å². The minimum absolute atomic E-state index is 0.0203. The highest BCUT2D eigenvalue weighted by atomic mass is 35.5. The smallest absolute Gasteiger partial charge is 0.434 e. The van der Waals surface area contributed by atoms with Crippen LogP contribution in [-0.2, 0) is 12.2 Å². The van der Waals surface area contributed by atoms with E-state index in [0.717, 1.165) is 25.7 Å². The van der Waals surface area contributed by atoms with E-state index in [4.69, 9.17) is 30.7 Å². The first-order chi connectivity index (χ1) is 19.9. The molecule has 0 bridgehead atoms. The SMILES string of the molecule is C[C@H]1CC[C@H](Cn2c(C3(F)CCOc4cccnc43)nc3nc(-c4n[nH]c(=O)o4)nc(-c4cncc(Cl)c4)c32)CC1. The van der Waals surface area contributed by atoms with Crippen molar-refractivity contribution in [2.24, 2.45) is 11.8 Å². The Labute approximate surface area is 238 Å². The number of fused-ring (bicyclic) bond motifs is 2. The fraction of sp³-hybridized carbons (Fsp3) is 0.393. The fourth-order valence-electron chi connectivity index (χ4n) is 5.89. The maximum absolute atomic E-state index is 17.5.